The number of likely N-dealkylation sites (tertiary alicyclic amines) is 1. The summed E-state index contributed by atoms with van der Waals surface area (Å²) in [7, 11) is 2.10. The van der Waals surface area contributed by atoms with Gasteiger partial charge in [-0.1, -0.05) is 17.5 Å². The number of fused-ring (bicyclic) bond motifs is 2. The number of ether oxygens (including phenoxy) is 2. The molecule has 27 heavy (non-hydrogen) atoms. The number of piperidine rings is 1. The van der Waals surface area contributed by atoms with E-state index in [1.807, 2.05) is 6.92 Å². The van der Waals surface area contributed by atoms with Crippen LogP contribution in [0, 0.1) is 23.7 Å². The van der Waals surface area contributed by atoms with Crippen LogP contribution >= 0.6 is 11.6 Å². The number of nitrogen functional groups attached to an aromatic ring is 1. The number of nitrogens with zero attached hydrogens (tertiary/aromatic N) is 1. The summed E-state index contributed by atoms with van der Waals surface area (Å²) in [6.45, 7) is 6.67. The molecule has 0 spiro atoms. The second-order valence-electron chi connectivity index (χ2n) is 7.30. The molecule has 3 N–H and O–H groups in total. The van der Waals surface area contributed by atoms with Crippen LogP contribution in [0.4, 0.5) is 5.69 Å². The van der Waals surface area contributed by atoms with E-state index in [4.69, 9.17) is 26.8 Å². The summed E-state index contributed by atoms with van der Waals surface area (Å²) in [5, 5.41) is 3.52. The quantitative estimate of drug-likeness (QED) is 0.606. The van der Waals surface area contributed by atoms with E-state index >= 15 is 0 Å². The number of hydrogen-bond donors (Lipinski definition) is 2. The Bertz CT molecular complexity index is 760. The van der Waals surface area contributed by atoms with Gasteiger partial charge in [0.15, 0.2) is 6.10 Å². The molecule has 2 saturated heterocycles. The van der Waals surface area contributed by atoms with Crippen molar-refractivity contribution in [3.8, 4) is 17.6 Å². The second-order valence-corrected chi connectivity index (χ2v) is 7.71. The number of hydrogen-bond acceptors (Lipinski definition) is 5. The van der Waals surface area contributed by atoms with E-state index in [0.29, 0.717) is 35.2 Å². The van der Waals surface area contributed by atoms with Crippen molar-refractivity contribution in [1.82, 2.24) is 10.2 Å². The van der Waals surface area contributed by atoms with Crippen LogP contribution in [0.15, 0.2) is 12.1 Å². The fourth-order valence-electron chi connectivity index (χ4n) is 3.90. The van der Waals surface area contributed by atoms with Gasteiger partial charge in [-0.15, -0.1) is 5.92 Å². The van der Waals surface area contributed by atoms with Gasteiger partial charge in [-0.3, -0.25) is 4.79 Å². The van der Waals surface area contributed by atoms with Crippen molar-refractivity contribution in [1.29, 1.82) is 0 Å². The lowest BCUT2D eigenvalue weighted by atomic mass is 9.82. The van der Waals surface area contributed by atoms with Gasteiger partial charge in [-0.05, 0) is 27.0 Å². The van der Waals surface area contributed by atoms with E-state index in [9.17, 15) is 4.79 Å². The van der Waals surface area contributed by atoms with Gasteiger partial charge in [0.25, 0.3) is 5.91 Å². The minimum absolute atomic E-state index is 0.0690. The molecule has 7 heteroatoms. The van der Waals surface area contributed by atoms with E-state index in [1.54, 1.807) is 19.1 Å². The van der Waals surface area contributed by atoms with Crippen molar-refractivity contribution in [2.75, 3.05) is 39.1 Å². The summed E-state index contributed by atoms with van der Waals surface area (Å²) in [5.41, 5.74) is 6.65. The molecule has 0 aliphatic carbocycles. The average Bonchev–Trinajstić information content (AvgIpc) is 2.58. The number of amides is 1. The number of nitrogens with two attached hydrogens (primary N) is 1. The van der Waals surface area contributed by atoms with Crippen molar-refractivity contribution in [3.63, 3.8) is 0 Å². The molecule has 146 valence electrons. The molecule has 2 fully saturated rings. The molecule has 3 unspecified atom stereocenters. The molecule has 0 saturated carbocycles. The largest absolute Gasteiger partial charge is 0.477 e. The minimum Gasteiger partial charge on any atom is -0.477 e. The number of halogens is 1. The van der Waals surface area contributed by atoms with Gasteiger partial charge in [0, 0.05) is 37.0 Å². The van der Waals surface area contributed by atoms with Crippen LogP contribution in [0.1, 0.15) is 24.2 Å². The molecular weight excluding hydrogens is 366 g/mol. The summed E-state index contributed by atoms with van der Waals surface area (Å²) in [6, 6.07) is 3.22. The van der Waals surface area contributed by atoms with E-state index in [1.165, 1.54) is 0 Å². The van der Waals surface area contributed by atoms with Gasteiger partial charge < -0.3 is 25.4 Å². The van der Waals surface area contributed by atoms with Crippen molar-refractivity contribution in [2.24, 2.45) is 11.8 Å². The number of carbonyl (C=O) groups excluding carboxylic acids is 1. The third-order valence-corrected chi connectivity index (χ3v) is 5.39. The minimum atomic E-state index is -0.363. The summed E-state index contributed by atoms with van der Waals surface area (Å²) < 4.78 is 11.5. The Morgan fingerprint density at radius 1 is 1.41 bits per heavy atom. The predicted octanol–water partition coefficient (Wildman–Crippen LogP) is 2.02. The normalized spacial score (nSPS) is 25.9. The Hall–Kier alpha value is -1.94. The lowest BCUT2D eigenvalue weighted by molar-refractivity contribution is -0.0561. The van der Waals surface area contributed by atoms with Gasteiger partial charge >= 0.3 is 0 Å². The molecule has 2 aliphatic heterocycles. The molecule has 0 aromatic heterocycles. The first kappa shape index (κ1) is 19.8. The topological polar surface area (TPSA) is 76.8 Å². The Balaban J connectivity index is 1.83. The third-order valence-electron chi connectivity index (χ3n) is 5.06. The van der Waals surface area contributed by atoms with Crippen molar-refractivity contribution in [2.45, 2.75) is 26.0 Å². The highest BCUT2D eigenvalue weighted by Crippen LogP contribution is 2.31. The number of benzene rings is 1. The zero-order valence-electron chi connectivity index (χ0n) is 15.9. The van der Waals surface area contributed by atoms with Gasteiger partial charge in [0.1, 0.15) is 5.75 Å². The Morgan fingerprint density at radius 3 is 2.70 bits per heavy atom. The van der Waals surface area contributed by atoms with E-state index in [2.05, 4.69) is 29.1 Å². The van der Waals surface area contributed by atoms with Crippen LogP contribution in [0.2, 0.25) is 5.02 Å². The van der Waals surface area contributed by atoms with Crippen LogP contribution in [0.25, 0.3) is 0 Å². The highest BCUT2D eigenvalue weighted by Gasteiger charge is 2.40. The fourth-order valence-corrected chi connectivity index (χ4v) is 4.07. The molecule has 3 atom stereocenters. The average molecular weight is 392 g/mol. The van der Waals surface area contributed by atoms with Crippen LogP contribution in [-0.2, 0) is 4.74 Å². The Kier molecular flexibility index (Phi) is 6.15. The number of anilines is 1. The number of rotatable bonds is 4. The van der Waals surface area contributed by atoms with E-state index in [0.717, 1.165) is 13.1 Å². The van der Waals surface area contributed by atoms with Crippen LogP contribution in [0.5, 0.6) is 5.75 Å². The second kappa shape index (κ2) is 8.39. The first-order chi connectivity index (χ1) is 12.9. The molecule has 2 aliphatic rings. The Morgan fingerprint density at radius 2 is 2.07 bits per heavy atom. The third kappa shape index (κ3) is 4.49. The van der Waals surface area contributed by atoms with Crippen molar-refractivity contribution >= 4 is 23.2 Å². The molecule has 3 rings (SSSR count). The first-order valence-corrected chi connectivity index (χ1v) is 9.52. The van der Waals surface area contributed by atoms with Crippen LogP contribution < -0.4 is 15.8 Å². The maximum Gasteiger partial charge on any atom is 0.255 e. The summed E-state index contributed by atoms with van der Waals surface area (Å²) in [5.74, 6) is 6.43. The maximum absolute atomic E-state index is 13.1. The number of carbonyl (C=O) groups is 1. The van der Waals surface area contributed by atoms with Gasteiger partial charge in [0.05, 0.1) is 29.5 Å². The molecule has 0 radical (unpaired) electrons. The van der Waals surface area contributed by atoms with Crippen molar-refractivity contribution in [3.05, 3.63) is 22.7 Å². The monoisotopic (exact) mass is 391 g/mol. The van der Waals surface area contributed by atoms with Gasteiger partial charge in [-0.2, -0.15) is 0 Å². The lowest BCUT2D eigenvalue weighted by Gasteiger charge is -2.46. The van der Waals surface area contributed by atoms with Crippen LogP contribution in [-0.4, -0.2) is 56.3 Å². The van der Waals surface area contributed by atoms with Crippen LogP contribution in [0.3, 0.4) is 0 Å². The summed E-state index contributed by atoms with van der Waals surface area (Å²) in [4.78, 5) is 15.4. The zero-order chi connectivity index (χ0) is 19.6. The summed E-state index contributed by atoms with van der Waals surface area (Å²) >= 11 is 6.17. The van der Waals surface area contributed by atoms with Gasteiger partial charge in [0.2, 0.25) is 0 Å². The maximum atomic E-state index is 13.1. The molecule has 1 amide bonds. The lowest BCUT2D eigenvalue weighted by Crippen LogP contribution is -2.60. The number of nitrogens with one attached hydrogen (secondary N) is 1. The highest BCUT2D eigenvalue weighted by molar-refractivity contribution is 6.33. The summed E-state index contributed by atoms with van der Waals surface area (Å²) in [6.07, 6.45) is -0.363. The van der Waals surface area contributed by atoms with E-state index in [-0.39, 0.29) is 29.9 Å². The molecule has 2 bridgehead atoms. The molecule has 6 nitrogen and oxygen atoms in total. The van der Waals surface area contributed by atoms with Crippen molar-refractivity contribution < 1.29 is 14.3 Å². The first-order valence-electron chi connectivity index (χ1n) is 9.14. The van der Waals surface area contributed by atoms with E-state index < -0.39 is 0 Å². The SMILES string of the molecule is CC#CC(C)Oc1cc(N)c(Cl)cc1C(=O)NC1C2COCC1CN(C)C2. The standard InChI is InChI=1S/C20H26ClN3O3/c1-4-5-12(2)27-18-7-17(22)16(21)6-15(18)20(25)23-19-13-8-24(3)9-14(19)11-26-10-13/h6-7,12-14,19H,8-11,22H2,1-3H3,(H,23,25). The molecule has 2 heterocycles. The predicted molar refractivity (Wildman–Crippen MR) is 106 cm³/mol. The Labute approximate surface area is 165 Å². The highest BCUT2D eigenvalue weighted by atomic mass is 35.5. The molecular formula is C20H26ClN3O3. The fraction of sp³-hybridized carbons (Fsp3) is 0.550. The van der Waals surface area contributed by atoms with Gasteiger partial charge in [-0.25, -0.2) is 0 Å². The molecule has 1 aromatic rings. The smallest absolute Gasteiger partial charge is 0.255 e. The molecule has 1 aromatic carbocycles. The zero-order valence-corrected chi connectivity index (χ0v) is 16.7.